The van der Waals surface area contributed by atoms with E-state index in [1.807, 2.05) is 0 Å². The van der Waals surface area contributed by atoms with Crippen molar-refractivity contribution in [2.45, 2.75) is 64.8 Å². The molecule has 1 fully saturated rings. The SMILES string of the molecule is CC(C)C1=CN2CCCCCCCCC2C=C1. The van der Waals surface area contributed by atoms with E-state index in [0.717, 1.165) is 0 Å². The highest BCUT2D eigenvalue weighted by Crippen LogP contribution is 2.24. The third-order valence-corrected chi connectivity index (χ3v) is 4.08. The van der Waals surface area contributed by atoms with Crippen molar-refractivity contribution in [2.24, 2.45) is 5.92 Å². The first kappa shape index (κ1) is 12.7. The average Bonchev–Trinajstić information content (AvgIpc) is 2.34. The summed E-state index contributed by atoms with van der Waals surface area (Å²) in [6, 6.07) is 0.676. The molecule has 0 radical (unpaired) electrons. The molecular formula is C16H27N. The molecule has 1 saturated heterocycles. The first-order valence-corrected chi connectivity index (χ1v) is 7.43. The van der Waals surface area contributed by atoms with E-state index in [0.29, 0.717) is 12.0 Å². The maximum Gasteiger partial charge on any atom is 0.0470 e. The Balaban J connectivity index is 2.02. The average molecular weight is 233 g/mol. The third-order valence-electron chi connectivity index (χ3n) is 4.08. The van der Waals surface area contributed by atoms with Crippen LogP contribution < -0.4 is 0 Å². The quantitative estimate of drug-likeness (QED) is 0.644. The second-order valence-electron chi connectivity index (χ2n) is 5.86. The third kappa shape index (κ3) is 3.62. The molecule has 0 aliphatic carbocycles. The summed E-state index contributed by atoms with van der Waals surface area (Å²) in [7, 11) is 0. The second kappa shape index (κ2) is 6.28. The van der Waals surface area contributed by atoms with Crippen LogP contribution in [0.3, 0.4) is 0 Å². The number of fused-ring (bicyclic) bond motifs is 1. The summed E-state index contributed by atoms with van der Waals surface area (Å²) in [4.78, 5) is 2.60. The lowest BCUT2D eigenvalue weighted by Crippen LogP contribution is -2.33. The molecule has 0 aromatic heterocycles. The second-order valence-corrected chi connectivity index (χ2v) is 5.86. The van der Waals surface area contributed by atoms with Crippen LogP contribution in [0.2, 0.25) is 0 Å². The molecule has 1 heteroatoms. The standard InChI is InChI=1S/C16H27N/c1-14(2)15-10-11-16-9-7-5-3-4-6-8-12-17(16)13-15/h10-11,13-14,16H,3-9,12H2,1-2H3. The monoisotopic (exact) mass is 233 g/mol. The molecule has 0 amide bonds. The van der Waals surface area contributed by atoms with Gasteiger partial charge in [0.25, 0.3) is 0 Å². The van der Waals surface area contributed by atoms with Gasteiger partial charge < -0.3 is 4.90 Å². The highest BCUT2D eigenvalue weighted by atomic mass is 15.1. The summed E-state index contributed by atoms with van der Waals surface area (Å²) in [6.07, 6.45) is 17.1. The summed E-state index contributed by atoms with van der Waals surface area (Å²) >= 11 is 0. The molecule has 0 N–H and O–H groups in total. The lowest BCUT2D eigenvalue weighted by atomic mass is 9.95. The Kier molecular flexibility index (Phi) is 4.70. The van der Waals surface area contributed by atoms with Crippen molar-refractivity contribution >= 4 is 0 Å². The van der Waals surface area contributed by atoms with E-state index in [2.05, 4.69) is 37.1 Å². The normalized spacial score (nSPS) is 26.6. The minimum Gasteiger partial charge on any atom is -0.371 e. The van der Waals surface area contributed by atoms with Gasteiger partial charge in [0.15, 0.2) is 0 Å². The molecule has 0 bridgehead atoms. The molecule has 1 unspecified atom stereocenters. The van der Waals surface area contributed by atoms with Crippen molar-refractivity contribution in [3.8, 4) is 0 Å². The predicted octanol–water partition coefficient (Wildman–Crippen LogP) is 4.51. The molecule has 2 rings (SSSR count). The van der Waals surface area contributed by atoms with E-state index in [9.17, 15) is 0 Å². The molecule has 17 heavy (non-hydrogen) atoms. The van der Waals surface area contributed by atoms with E-state index in [1.54, 1.807) is 0 Å². The van der Waals surface area contributed by atoms with Gasteiger partial charge in [0.2, 0.25) is 0 Å². The van der Waals surface area contributed by atoms with Gasteiger partial charge in [-0.2, -0.15) is 0 Å². The van der Waals surface area contributed by atoms with Crippen molar-refractivity contribution in [3.05, 3.63) is 23.9 Å². The minimum absolute atomic E-state index is 0.655. The molecular weight excluding hydrogens is 206 g/mol. The molecule has 2 heterocycles. The molecule has 1 atom stereocenters. The summed E-state index contributed by atoms with van der Waals surface area (Å²) in [5.41, 5.74) is 1.50. The number of allylic oxidation sites excluding steroid dienone is 2. The molecule has 0 spiro atoms. The van der Waals surface area contributed by atoms with E-state index in [-0.39, 0.29) is 0 Å². The number of hydrogen-bond acceptors (Lipinski definition) is 1. The molecule has 2 aliphatic heterocycles. The van der Waals surface area contributed by atoms with Crippen LogP contribution in [0.5, 0.6) is 0 Å². The highest BCUT2D eigenvalue weighted by Gasteiger charge is 2.18. The Labute approximate surface area is 107 Å². The van der Waals surface area contributed by atoms with Crippen LogP contribution in [0.4, 0.5) is 0 Å². The number of nitrogens with zero attached hydrogens (tertiary/aromatic N) is 1. The van der Waals surface area contributed by atoms with Crippen molar-refractivity contribution < 1.29 is 0 Å². The fraction of sp³-hybridized carbons (Fsp3) is 0.750. The topological polar surface area (TPSA) is 3.24 Å². The maximum absolute atomic E-state index is 2.60. The van der Waals surface area contributed by atoms with Crippen LogP contribution in [-0.4, -0.2) is 17.5 Å². The van der Waals surface area contributed by atoms with E-state index >= 15 is 0 Å². The first-order valence-electron chi connectivity index (χ1n) is 7.43. The van der Waals surface area contributed by atoms with Crippen LogP contribution in [0, 0.1) is 5.92 Å². The lowest BCUT2D eigenvalue weighted by Gasteiger charge is -2.33. The Hall–Kier alpha value is -0.720. The van der Waals surface area contributed by atoms with Crippen molar-refractivity contribution in [1.82, 2.24) is 4.90 Å². The molecule has 1 nitrogen and oxygen atoms in total. The van der Waals surface area contributed by atoms with Gasteiger partial charge in [-0.15, -0.1) is 0 Å². The molecule has 0 saturated carbocycles. The Morgan fingerprint density at radius 3 is 2.53 bits per heavy atom. The van der Waals surface area contributed by atoms with Gasteiger partial charge in [-0.25, -0.2) is 0 Å². The van der Waals surface area contributed by atoms with Crippen molar-refractivity contribution in [1.29, 1.82) is 0 Å². The van der Waals surface area contributed by atoms with E-state index < -0.39 is 0 Å². The molecule has 2 aliphatic rings. The van der Waals surface area contributed by atoms with Crippen LogP contribution in [0.25, 0.3) is 0 Å². The van der Waals surface area contributed by atoms with Gasteiger partial charge >= 0.3 is 0 Å². The highest BCUT2D eigenvalue weighted by molar-refractivity contribution is 5.26. The van der Waals surface area contributed by atoms with E-state index in [4.69, 9.17) is 0 Å². The van der Waals surface area contributed by atoms with Gasteiger partial charge in [0, 0.05) is 18.8 Å². The van der Waals surface area contributed by atoms with Gasteiger partial charge in [-0.3, -0.25) is 0 Å². The largest absolute Gasteiger partial charge is 0.371 e. The van der Waals surface area contributed by atoms with Crippen LogP contribution in [-0.2, 0) is 0 Å². The fourth-order valence-electron chi connectivity index (χ4n) is 2.85. The van der Waals surface area contributed by atoms with E-state index in [1.165, 1.54) is 57.1 Å². The predicted molar refractivity (Wildman–Crippen MR) is 74.9 cm³/mol. The van der Waals surface area contributed by atoms with Gasteiger partial charge in [0.05, 0.1) is 0 Å². The molecule has 0 aromatic rings. The van der Waals surface area contributed by atoms with Crippen LogP contribution in [0.15, 0.2) is 23.9 Å². The first-order chi connectivity index (χ1) is 8.27. The number of hydrogen-bond donors (Lipinski definition) is 0. The smallest absolute Gasteiger partial charge is 0.0470 e. The van der Waals surface area contributed by atoms with Crippen molar-refractivity contribution in [3.63, 3.8) is 0 Å². The number of rotatable bonds is 1. The lowest BCUT2D eigenvalue weighted by molar-refractivity contribution is 0.277. The Morgan fingerprint density at radius 1 is 1.06 bits per heavy atom. The van der Waals surface area contributed by atoms with Gasteiger partial charge in [-0.05, 0) is 24.3 Å². The Morgan fingerprint density at radius 2 is 1.76 bits per heavy atom. The van der Waals surface area contributed by atoms with Crippen LogP contribution in [0.1, 0.15) is 58.8 Å². The summed E-state index contributed by atoms with van der Waals surface area (Å²) < 4.78 is 0. The minimum atomic E-state index is 0.655. The summed E-state index contributed by atoms with van der Waals surface area (Å²) in [6.45, 7) is 5.83. The van der Waals surface area contributed by atoms with Gasteiger partial charge in [0.1, 0.15) is 0 Å². The Bertz CT molecular complexity index is 288. The molecule has 0 aromatic carbocycles. The zero-order valence-electron chi connectivity index (χ0n) is 11.5. The van der Waals surface area contributed by atoms with Crippen LogP contribution >= 0.6 is 0 Å². The zero-order valence-corrected chi connectivity index (χ0v) is 11.5. The van der Waals surface area contributed by atoms with Gasteiger partial charge in [-0.1, -0.05) is 58.1 Å². The molecule has 96 valence electrons. The summed E-state index contributed by atoms with van der Waals surface area (Å²) in [5, 5.41) is 0. The maximum atomic E-state index is 2.60. The zero-order chi connectivity index (χ0) is 12.1. The fourth-order valence-corrected chi connectivity index (χ4v) is 2.85. The summed E-state index contributed by atoms with van der Waals surface area (Å²) in [5.74, 6) is 0.655. The van der Waals surface area contributed by atoms with Crippen molar-refractivity contribution in [2.75, 3.05) is 6.54 Å².